The zero-order valence-electron chi connectivity index (χ0n) is 15.3. The van der Waals surface area contributed by atoms with Gasteiger partial charge in [-0.05, 0) is 58.7 Å². The van der Waals surface area contributed by atoms with E-state index >= 15 is 0 Å². The van der Waals surface area contributed by atoms with E-state index in [9.17, 15) is 0 Å². The molecule has 128 valence electrons. The van der Waals surface area contributed by atoms with Crippen LogP contribution in [0.5, 0.6) is 0 Å². The molecule has 0 spiro atoms. The number of hydrogen-bond donors (Lipinski definition) is 0. The van der Waals surface area contributed by atoms with Crippen LogP contribution in [0.2, 0.25) is 0 Å². The molecule has 0 saturated carbocycles. The fourth-order valence-electron chi connectivity index (χ4n) is 4.16. The Morgan fingerprint density at radius 2 is 1.52 bits per heavy atom. The highest BCUT2D eigenvalue weighted by Crippen LogP contribution is 2.28. The van der Waals surface area contributed by atoms with Gasteiger partial charge in [-0.1, -0.05) is 0 Å². The highest BCUT2D eigenvalue weighted by molar-refractivity contribution is 5.48. The van der Waals surface area contributed by atoms with Gasteiger partial charge in [-0.25, -0.2) is 0 Å². The Balaban J connectivity index is 1.55. The van der Waals surface area contributed by atoms with Crippen molar-refractivity contribution in [3.8, 4) is 0 Å². The third-order valence-electron chi connectivity index (χ3n) is 5.77. The summed E-state index contributed by atoms with van der Waals surface area (Å²) in [5.74, 6) is 0.846. The topological polar surface area (TPSA) is 22.6 Å². The molecule has 4 heteroatoms. The molecule has 0 aromatic carbocycles. The normalized spacial score (nSPS) is 23.2. The maximum atomic E-state index is 4.50. The van der Waals surface area contributed by atoms with E-state index in [1.54, 1.807) is 0 Å². The Labute approximate surface area is 141 Å². The molecule has 23 heavy (non-hydrogen) atoms. The molecule has 3 heterocycles. The molecule has 0 N–H and O–H groups in total. The minimum Gasteiger partial charge on any atom is -0.371 e. The Hall–Kier alpha value is -1.13. The summed E-state index contributed by atoms with van der Waals surface area (Å²) in [6.07, 6.45) is 2.63. The van der Waals surface area contributed by atoms with Crippen molar-refractivity contribution in [2.24, 2.45) is 5.92 Å². The summed E-state index contributed by atoms with van der Waals surface area (Å²) < 4.78 is 0. The van der Waals surface area contributed by atoms with Gasteiger partial charge in [-0.15, -0.1) is 0 Å². The van der Waals surface area contributed by atoms with Crippen molar-refractivity contribution in [2.75, 3.05) is 51.2 Å². The summed E-state index contributed by atoms with van der Waals surface area (Å²) in [5, 5.41) is 0. The smallest absolute Gasteiger partial charge is 0.0402 e. The Morgan fingerprint density at radius 1 is 0.957 bits per heavy atom. The molecule has 2 aliphatic rings. The van der Waals surface area contributed by atoms with E-state index in [0.29, 0.717) is 0 Å². The van der Waals surface area contributed by atoms with Crippen LogP contribution >= 0.6 is 0 Å². The van der Waals surface area contributed by atoms with Gasteiger partial charge in [0, 0.05) is 62.4 Å². The first kappa shape index (κ1) is 16.7. The molecule has 2 fully saturated rings. The third kappa shape index (κ3) is 4.04. The lowest BCUT2D eigenvalue weighted by Crippen LogP contribution is -2.51. The van der Waals surface area contributed by atoms with E-state index < -0.39 is 0 Å². The molecule has 1 atom stereocenters. The van der Waals surface area contributed by atoms with E-state index in [4.69, 9.17) is 0 Å². The van der Waals surface area contributed by atoms with E-state index in [2.05, 4.69) is 59.6 Å². The van der Waals surface area contributed by atoms with Gasteiger partial charge in [0.25, 0.3) is 0 Å². The van der Waals surface area contributed by atoms with Gasteiger partial charge in [0.1, 0.15) is 0 Å². The third-order valence-corrected chi connectivity index (χ3v) is 5.77. The first-order chi connectivity index (χ1) is 11.0. The molecule has 0 amide bonds. The van der Waals surface area contributed by atoms with Crippen LogP contribution in [0, 0.1) is 19.8 Å². The van der Waals surface area contributed by atoms with Crippen LogP contribution in [0.15, 0.2) is 12.1 Å². The van der Waals surface area contributed by atoms with Gasteiger partial charge in [0.05, 0.1) is 0 Å². The van der Waals surface area contributed by atoms with Crippen LogP contribution in [0.25, 0.3) is 0 Å². The highest BCUT2D eigenvalue weighted by Gasteiger charge is 2.29. The number of pyridine rings is 1. The molecule has 4 nitrogen and oxygen atoms in total. The molecule has 0 radical (unpaired) electrons. The van der Waals surface area contributed by atoms with E-state index in [-0.39, 0.29) is 0 Å². The number of likely N-dealkylation sites (N-methyl/N-ethyl adjacent to an activating group) is 1. The first-order valence-electron chi connectivity index (χ1n) is 9.16. The van der Waals surface area contributed by atoms with Crippen LogP contribution < -0.4 is 4.90 Å². The largest absolute Gasteiger partial charge is 0.371 e. The Bertz CT molecular complexity index is 494. The van der Waals surface area contributed by atoms with Crippen LogP contribution in [0.3, 0.4) is 0 Å². The number of rotatable bonds is 3. The molecule has 3 rings (SSSR count). The quantitative estimate of drug-likeness (QED) is 0.855. The lowest BCUT2D eigenvalue weighted by atomic mass is 9.89. The minimum atomic E-state index is 0.728. The molecule has 1 aromatic heterocycles. The van der Waals surface area contributed by atoms with E-state index in [0.717, 1.165) is 23.3 Å². The fraction of sp³-hybridized carbons (Fsp3) is 0.737. The summed E-state index contributed by atoms with van der Waals surface area (Å²) in [5.41, 5.74) is 3.63. The highest BCUT2D eigenvalue weighted by atomic mass is 15.3. The van der Waals surface area contributed by atoms with Gasteiger partial charge in [0.2, 0.25) is 0 Å². The lowest BCUT2D eigenvalue weighted by molar-refractivity contribution is 0.0814. The van der Waals surface area contributed by atoms with Crippen molar-refractivity contribution in [3.63, 3.8) is 0 Å². The van der Waals surface area contributed by atoms with E-state index in [1.165, 1.54) is 57.8 Å². The number of aromatic nitrogens is 1. The van der Waals surface area contributed by atoms with Gasteiger partial charge in [-0.2, -0.15) is 0 Å². The molecule has 2 aliphatic heterocycles. The molecule has 0 unspecified atom stereocenters. The van der Waals surface area contributed by atoms with Crippen LogP contribution in [0.1, 0.15) is 31.2 Å². The van der Waals surface area contributed by atoms with Crippen molar-refractivity contribution in [3.05, 3.63) is 23.5 Å². The second-order valence-corrected chi connectivity index (χ2v) is 7.51. The summed E-state index contributed by atoms with van der Waals surface area (Å²) in [6.45, 7) is 13.9. The predicted molar refractivity (Wildman–Crippen MR) is 97.2 cm³/mol. The van der Waals surface area contributed by atoms with Crippen LogP contribution in [-0.2, 0) is 0 Å². The summed E-state index contributed by atoms with van der Waals surface area (Å²) >= 11 is 0. The van der Waals surface area contributed by atoms with Crippen molar-refractivity contribution < 1.29 is 0 Å². The summed E-state index contributed by atoms with van der Waals surface area (Å²) in [6, 6.07) is 5.20. The number of piperazine rings is 1. The van der Waals surface area contributed by atoms with Gasteiger partial charge >= 0.3 is 0 Å². The van der Waals surface area contributed by atoms with Crippen molar-refractivity contribution in [1.82, 2.24) is 14.8 Å². The maximum absolute atomic E-state index is 4.50. The second-order valence-electron chi connectivity index (χ2n) is 7.51. The zero-order valence-corrected chi connectivity index (χ0v) is 15.3. The van der Waals surface area contributed by atoms with Crippen molar-refractivity contribution in [2.45, 2.75) is 39.7 Å². The van der Waals surface area contributed by atoms with Gasteiger partial charge in [0.15, 0.2) is 0 Å². The second kappa shape index (κ2) is 7.18. The van der Waals surface area contributed by atoms with Crippen LogP contribution in [-0.4, -0.2) is 67.1 Å². The standard InChI is InChI=1S/C19H32N4/c1-15-13-19(14-16(2)20-15)23-7-5-18(6-8-23)17(3)22-11-9-21(4)10-12-22/h13-14,17-18H,5-12H2,1-4H3/t17-/m0/s1. The average Bonchev–Trinajstić information content (AvgIpc) is 2.54. The molecule has 0 aliphatic carbocycles. The molecular formula is C19H32N4. The first-order valence-corrected chi connectivity index (χ1v) is 9.16. The van der Waals surface area contributed by atoms with Crippen molar-refractivity contribution >= 4 is 5.69 Å². The number of hydrogen-bond acceptors (Lipinski definition) is 4. The Kier molecular flexibility index (Phi) is 5.22. The number of piperidine rings is 1. The number of anilines is 1. The lowest BCUT2D eigenvalue weighted by Gasteiger charge is -2.43. The predicted octanol–water partition coefficient (Wildman–Crippen LogP) is 2.55. The minimum absolute atomic E-state index is 0.728. The average molecular weight is 316 g/mol. The number of nitrogens with zero attached hydrogens (tertiary/aromatic N) is 4. The summed E-state index contributed by atoms with van der Waals surface area (Å²) in [4.78, 5) is 12.2. The maximum Gasteiger partial charge on any atom is 0.0402 e. The molecule has 2 saturated heterocycles. The zero-order chi connectivity index (χ0) is 16.4. The fourth-order valence-corrected chi connectivity index (χ4v) is 4.16. The van der Waals surface area contributed by atoms with Crippen LogP contribution in [0.4, 0.5) is 5.69 Å². The molecule has 1 aromatic rings. The van der Waals surface area contributed by atoms with Crippen molar-refractivity contribution in [1.29, 1.82) is 0 Å². The summed E-state index contributed by atoms with van der Waals surface area (Å²) in [7, 11) is 2.24. The SMILES string of the molecule is Cc1cc(N2CCC([C@H](C)N3CCN(C)CC3)CC2)cc(C)n1. The van der Waals surface area contributed by atoms with E-state index in [1.807, 2.05) is 0 Å². The molecule has 0 bridgehead atoms. The Morgan fingerprint density at radius 3 is 2.09 bits per heavy atom. The van der Waals surface area contributed by atoms with Gasteiger partial charge in [-0.3, -0.25) is 9.88 Å². The molecular weight excluding hydrogens is 284 g/mol. The number of aryl methyl sites for hydroxylation is 2. The monoisotopic (exact) mass is 316 g/mol. The van der Waals surface area contributed by atoms with Gasteiger partial charge < -0.3 is 9.80 Å².